The van der Waals surface area contributed by atoms with E-state index in [9.17, 15) is 15.0 Å². The number of carboxylic acid groups (broad SMARTS) is 1. The lowest BCUT2D eigenvalue weighted by Gasteiger charge is -2.34. The molecule has 2 rings (SSSR count). The quantitative estimate of drug-likeness (QED) is 0.871. The summed E-state index contributed by atoms with van der Waals surface area (Å²) in [5.41, 5.74) is 0.0173. The van der Waals surface area contributed by atoms with E-state index in [2.05, 4.69) is 0 Å². The third-order valence-electron chi connectivity index (χ3n) is 4.18. The van der Waals surface area contributed by atoms with Gasteiger partial charge in [0.05, 0.1) is 11.5 Å². The fourth-order valence-electron chi connectivity index (χ4n) is 3.05. The molecule has 0 aromatic heterocycles. The van der Waals surface area contributed by atoms with E-state index >= 15 is 0 Å². The molecule has 0 saturated heterocycles. The lowest BCUT2D eigenvalue weighted by Crippen LogP contribution is -2.36. The summed E-state index contributed by atoms with van der Waals surface area (Å²) in [6.45, 7) is 0. The minimum absolute atomic E-state index is 0.313. The average Bonchev–Trinajstić information content (AvgIpc) is 2.41. The van der Waals surface area contributed by atoms with Crippen molar-refractivity contribution in [3.63, 3.8) is 0 Å². The summed E-state index contributed by atoms with van der Waals surface area (Å²) < 4.78 is 0. The van der Waals surface area contributed by atoms with E-state index in [0.717, 1.165) is 24.8 Å². The molecule has 0 heterocycles. The van der Waals surface area contributed by atoms with Gasteiger partial charge in [0.25, 0.3) is 0 Å². The van der Waals surface area contributed by atoms with Crippen LogP contribution in [0.1, 0.15) is 44.1 Å². The maximum atomic E-state index is 11.5. The van der Waals surface area contributed by atoms with Gasteiger partial charge in [-0.05, 0) is 37.3 Å². The van der Waals surface area contributed by atoms with Crippen molar-refractivity contribution in [2.75, 3.05) is 0 Å². The molecule has 0 spiro atoms. The lowest BCUT2D eigenvalue weighted by molar-refractivity contribution is -0.145. The molecule has 1 saturated carbocycles. The molecule has 0 amide bonds. The molecule has 3 nitrogen and oxygen atoms in total. The summed E-state index contributed by atoms with van der Waals surface area (Å²) >= 11 is 6.10. The minimum Gasteiger partial charge on any atom is -0.481 e. The topological polar surface area (TPSA) is 57.5 Å². The SMILES string of the molecule is O=C(O)C(Cc1ccccc1Cl)CC1(O)CCCCC1. The van der Waals surface area contributed by atoms with E-state index in [0.29, 0.717) is 30.7 Å². The van der Waals surface area contributed by atoms with Gasteiger partial charge in [-0.25, -0.2) is 0 Å². The highest BCUT2D eigenvalue weighted by atomic mass is 35.5. The van der Waals surface area contributed by atoms with E-state index in [1.54, 1.807) is 6.07 Å². The number of halogens is 1. The predicted octanol–water partition coefficient (Wildman–Crippen LogP) is 3.67. The Hall–Kier alpha value is -1.06. The van der Waals surface area contributed by atoms with Gasteiger partial charge in [-0.2, -0.15) is 0 Å². The van der Waals surface area contributed by atoms with Crippen molar-refractivity contribution in [3.05, 3.63) is 34.9 Å². The number of carboxylic acids is 1. The second-order valence-corrected chi connectivity index (χ2v) is 6.23. The van der Waals surface area contributed by atoms with Crippen molar-refractivity contribution in [2.24, 2.45) is 5.92 Å². The molecule has 1 fully saturated rings. The van der Waals surface area contributed by atoms with Crippen molar-refractivity contribution < 1.29 is 15.0 Å². The van der Waals surface area contributed by atoms with E-state index in [1.807, 2.05) is 18.2 Å². The number of aliphatic hydroxyl groups is 1. The molecule has 1 atom stereocenters. The Balaban J connectivity index is 2.08. The summed E-state index contributed by atoms with van der Waals surface area (Å²) in [5, 5.41) is 20.5. The molecule has 4 heteroatoms. The van der Waals surface area contributed by atoms with Crippen LogP contribution >= 0.6 is 11.6 Å². The first-order valence-corrected chi connectivity index (χ1v) is 7.57. The summed E-state index contributed by atoms with van der Waals surface area (Å²) in [7, 11) is 0. The molecule has 1 unspecified atom stereocenters. The fraction of sp³-hybridized carbons (Fsp3) is 0.562. The normalized spacial score (nSPS) is 19.5. The van der Waals surface area contributed by atoms with Gasteiger partial charge in [-0.3, -0.25) is 4.79 Å². The maximum absolute atomic E-state index is 11.5. The van der Waals surface area contributed by atoms with Crippen LogP contribution in [0.5, 0.6) is 0 Å². The smallest absolute Gasteiger partial charge is 0.306 e. The third-order valence-corrected chi connectivity index (χ3v) is 4.55. The first kappa shape index (κ1) is 15.3. The molecule has 1 aromatic rings. The second-order valence-electron chi connectivity index (χ2n) is 5.82. The van der Waals surface area contributed by atoms with Crippen molar-refractivity contribution in [1.82, 2.24) is 0 Å². The Labute approximate surface area is 124 Å². The van der Waals surface area contributed by atoms with E-state index in [4.69, 9.17) is 11.6 Å². The molecule has 1 aliphatic rings. The Bertz CT molecular complexity index is 467. The zero-order valence-electron chi connectivity index (χ0n) is 11.5. The molecule has 1 aliphatic carbocycles. The first-order valence-electron chi connectivity index (χ1n) is 7.19. The van der Waals surface area contributed by atoms with Gasteiger partial charge in [-0.15, -0.1) is 0 Å². The predicted molar refractivity (Wildman–Crippen MR) is 78.9 cm³/mol. The van der Waals surface area contributed by atoms with Crippen LogP contribution in [0.2, 0.25) is 5.02 Å². The molecular weight excluding hydrogens is 276 g/mol. The van der Waals surface area contributed by atoms with Gasteiger partial charge < -0.3 is 10.2 Å². The standard InChI is InChI=1S/C16H21ClO3/c17-14-7-3-2-6-12(14)10-13(15(18)19)11-16(20)8-4-1-5-9-16/h2-3,6-7,13,20H,1,4-5,8-11H2,(H,18,19). The van der Waals surface area contributed by atoms with Crippen LogP contribution in [0.3, 0.4) is 0 Å². The highest BCUT2D eigenvalue weighted by Crippen LogP contribution is 2.35. The van der Waals surface area contributed by atoms with Gasteiger partial charge in [0.2, 0.25) is 0 Å². The second kappa shape index (κ2) is 6.59. The van der Waals surface area contributed by atoms with Crippen LogP contribution in [0.15, 0.2) is 24.3 Å². The van der Waals surface area contributed by atoms with E-state index in [-0.39, 0.29) is 0 Å². The average molecular weight is 297 g/mol. The minimum atomic E-state index is -0.857. The zero-order chi connectivity index (χ0) is 14.6. The van der Waals surface area contributed by atoms with Crippen molar-refractivity contribution in [1.29, 1.82) is 0 Å². The monoisotopic (exact) mass is 296 g/mol. The Kier molecular flexibility index (Phi) is 5.06. The molecule has 20 heavy (non-hydrogen) atoms. The van der Waals surface area contributed by atoms with Crippen LogP contribution in [0, 0.1) is 5.92 Å². The number of hydrogen-bond acceptors (Lipinski definition) is 2. The number of hydrogen-bond donors (Lipinski definition) is 2. The summed E-state index contributed by atoms with van der Waals surface area (Å²) in [6.07, 6.45) is 5.19. The van der Waals surface area contributed by atoms with Gasteiger partial charge in [0.1, 0.15) is 0 Å². The molecular formula is C16H21ClO3. The molecule has 1 aromatic carbocycles. The number of carbonyl (C=O) groups is 1. The highest BCUT2D eigenvalue weighted by Gasteiger charge is 2.34. The molecule has 0 radical (unpaired) electrons. The molecule has 0 aliphatic heterocycles. The van der Waals surface area contributed by atoms with Crippen LogP contribution < -0.4 is 0 Å². The molecule has 110 valence electrons. The van der Waals surface area contributed by atoms with Crippen LogP contribution in [-0.2, 0) is 11.2 Å². The maximum Gasteiger partial charge on any atom is 0.306 e. The van der Waals surface area contributed by atoms with Gasteiger partial charge in [0.15, 0.2) is 0 Å². The van der Waals surface area contributed by atoms with Crippen molar-refractivity contribution in [3.8, 4) is 0 Å². The summed E-state index contributed by atoms with van der Waals surface area (Å²) in [5.74, 6) is -1.44. The Morgan fingerprint density at radius 2 is 1.90 bits per heavy atom. The van der Waals surface area contributed by atoms with Crippen LogP contribution in [0.4, 0.5) is 0 Å². The zero-order valence-corrected chi connectivity index (χ0v) is 12.3. The van der Waals surface area contributed by atoms with Gasteiger partial charge in [0, 0.05) is 5.02 Å². The van der Waals surface area contributed by atoms with Crippen LogP contribution in [-0.4, -0.2) is 21.8 Å². The summed E-state index contributed by atoms with van der Waals surface area (Å²) in [6, 6.07) is 7.31. The number of aliphatic carboxylic acids is 1. The largest absolute Gasteiger partial charge is 0.481 e. The van der Waals surface area contributed by atoms with Crippen molar-refractivity contribution >= 4 is 17.6 Å². The van der Waals surface area contributed by atoms with Gasteiger partial charge >= 0.3 is 5.97 Å². The highest BCUT2D eigenvalue weighted by molar-refractivity contribution is 6.31. The third kappa shape index (κ3) is 3.97. The number of benzene rings is 1. The fourth-order valence-corrected chi connectivity index (χ4v) is 3.26. The lowest BCUT2D eigenvalue weighted by atomic mass is 9.77. The molecule has 2 N–H and O–H groups in total. The van der Waals surface area contributed by atoms with Gasteiger partial charge in [-0.1, -0.05) is 49.1 Å². The van der Waals surface area contributed by atoms with E-state index in [1.165, 1.54) is 0 Å². The van der Waals surface area contributed by atoms with Crippen molar-refractivity contribution in [2.45, 2.75) is 50.5 Å². The first-order chi connectivity index (χ1) is 9.50. The van der Waals surface area contributed by atoms with E-state index < -0.39 is 17.5 Å². The Morgan fingerprint density at radius 3 is 2.50 bits per heavy atom. The Morgan fingerprint density at radius 1 is 1.25 bits per heavy atom. The summed E-state index contributed by atoms with van der Waals surface area (Å²) in [4.78, 5) is 11.5. The molecule has 0 bridgehead atoms. The number of rotatable bonds is 5. The van der Waals surface area contributed by atoms with Crippen LogP contribution in [0.25, 0.3) is 0 Å².